The lowest BCUT2D eigenvalue weighted by Gasteiger charge is -2.41. The topological polar surface area (TPSA) is 76.6 Å². The number of hydrogen-bond donors (Lipinski definition) is 2. The lowest BCUT2D eigenvalue weighted by Crippen LogP contribution is -2.52. The van der Waals surface area contributed by atoms with Gasteiger partial charge >= 0.3 is 0 Å². The molecular weight excluding hydrogens is 513 g/mol. The highest BCUT2D eigenvalue weighted by Gasteiger charge is 2.29. The molecule has 3 fully saturated rings. The van der Waals surface area contributed by atoms with Crippen LogP contribution in [0.15, 0.2) is 24.5 Å². The van der Waals surface area contributed by atoms with Gasteiger partial charge in [0.25, 0.3) is 5.91 Å². The fourth-order valence-corrected chi connectivity index (χ4v) is 7.66. The van der Waals surface area contributed by atoms with Crippen molar-refractivity contribution >= 4 is 44.7 Å². The van der Waals surface area contributed by atoms with Crippen molar-refractivity contribution < 1.29 is 9.18 Å². The summed E-state index contributed by atoms with van der Waals surface area (Å²) in [5.41, 5.74) is 1.95. The zero-order valence-electron chi connectivity index (χ0n) is 22.9. The van der Waals surface area contributed by atoms with E-state index in [9.17, 15) is 4.79 Å². The van der Waals surface area contributed by atoms with Crippen LogP contribution < -0.4 is 15.5 Å². The van der Waals surface area contributed by atoms with Crippen molar-refractivity contribution in [1.29, 1.82) is 0 Å². The Kier molecular flexibility index (Phi) is 7.68. The molecule has 3 aliphatic rings. The first-order valence-electron chi connectivity index (χ1n) is 14.2. The zero-order valence-corrected chi connectivity index (χ0v) is 23.7. The van der Waals surface area contributed by atoms with E-state index in [-0.39, 0.29) is 17.5 Å². The zero-order chi connectivity index (χ0) is 26.9. The van der Waals surface area contributed by atoms with Crippen LogP contribution in [0.2, 0.25) is 0 Å². The molecule has 208 valence electrons. The normalized spacial score (nSPS) is 19.6. The molecule has 2 N–H and O–H groups in total. The van der Waals surface area contributed by atoms with Crippen LogP contribution in [0.4, 0.5) is 21.7 Å². The number of nitrogens with zero attached hydrogens (tertiary/aromatic N) is 5. The van der Waals surface area contributed by atoms with Gasteiger partial charge < -0.3 is 20.4 Å². The Labute approximate surface area is 233 Å². The molecule has 1 aliphatic carbocycles. The Morgan fingerprint density at radius 3 is 2.49 bits per heavy atom. The summed E-state index contributed by atoms with van der Waals surface area (Å²) in [7, 11) is 3.59. The maximum absolute atomic E-state index is 15.3. The molecule has 3 aromatic rings. The number of amides is 1. The number of thiophene rings is 1. The highest BCUT2D eigenvalue weighted by molar-refractivity contribution is 7.21. The van der Waals surface area contributed by atoms with Gasteiger partial charge in [0.1, 0.15) is 5.82 Å². The number of carbonyl (C=O) groups is 1. The standard InChI is InChI=1S/C29H38FN7OS/c1-35(2)29(38)27-26(19-5-3-4-6-19)22-16-25(32-18-24(22)39-27)34-28-23(30)15-21(17-33-28)37-13-11-36(12-14-37)20-7-9-31-10-8-20/h15-20,31H,3-14H2,1-2H3,(H,32,33,34). The van der Waals surface area contributed by atoms with E-state index in [1.54, 1.807) is 37.5 Å². The van der Waals surface area contributed by atoms with Crippen LogP contribution in [0.5, 0.6) is 0 Å². The number of nitrogens with one attached hydrogen (secondary N) is 2. The second-order valence-electron chi connectivity index (χ2n) is 11.2. The smallest absolute Gasteiger partial charge is 0.263 e. The van der Waals surface area contributed by atoms with Gasteiger partial charge in [0.2, 0.25) is 0 Å². The maximum Gasteiger partial charge on any atom is 0.263 e. The van der Waals surface area contributed by atoms with Gasteiger partial charge in [-0.1, -0.05) is 12.8 Å². The minimum Gasteiger partial charge on any atom is -0.368 e. The first kappa shape index (κ1) is 26.4. The number of piperidine rings is 1. The van der Waals surface area contributed by atoms with E-state index in [4.69, 9.17) is 0 Å². The molecule has 2 aliphatic heterocycles. The van der Waals surface area contributed by atoms with Crippen LogP contribution in [-0.2, 0) is 0 Å². The highest BCUT2D eigenvalue weighted by Crippen LogP contribution is 2.44. The van der Waals surface area contributed by atoms with Gasteiger partial charge in [-0.3, -0.25) is 9.69 Å². The average Bonchev–Trinajstić information content (AvgIpc) is 3.62. The number of aromatic nitrogens is 2. The number of fused-ring (bicyclic) bond motifs is 1. The van der Waals surface area contributed by atoms with Gasteiger partial charge in [-0.15, -0.1) is 11.3 Å². The molecule has 2 saturated heterocycles. The predicted molar refractivity (Wildman–Crippen MR) is 156 cm³/mol. The molecule has 1 saturated carbocycles. The van der Waals surface area contributed by atoms with Crippen LogP contribution in [0.3, 0.4) is 0 Å². The summed E-state index contributed by atoms with van der Waals surface area (Å²) in [5.74, 6) is 0.726. The molecule has 0 aromatic carbocycles. The lowest BCUT2D eigenvalue weighted by atomic mass is 9.94. The Balaban J connectivity index is 1.19. The van der Waals surface area contributed by atoms with Crippen LogP contribution in [0.25, 0.3) is 10.1 Å². The Bertz CT molecular complexity index is 1320. The molecule has 10 heteroatoms. The summed E-state index contributed by atoms with van der Waals surface area (Å²) in [6.45, 7) is 5.95. The molecule has 5 heterocycles. The van der Waals surface area contributed by atoms with Crippen molar-refractivity contribution in [1.82, 2.24) is 25.1 Å². The van der Waals surface area contributed by atoms with Crippen molar-refractivity contribution in [2.45, 2.75) is 50.5 Å². The fourth-order valence-electron chi connectivity index (χ4n) is 6.40. The van der Waals surface area contributed by atoms with E-state index in [1.165, 1.54) is 37.0 Å². The summed E-state index contributed by atoms with van der Waals surface area (Å²) in [6, 6.07) is 4.20. The van der Waals surface area contributed by atoms with Gasteiger partial charge in [-0.05, 0) is 56.3 Å². The van der Waals surface area contributed by atoms with Gasteiger partial charge in [0.15, 0.2) is 11.6 Å². The molecule has 8 nitrogen and oxygen atoms in total. The largest absolute Gasteiger partial charge is 0.368 e. The van der Waals surface area contributed by atoms with Crippen molar-refractivity contribution in [2.24, 2.45) is 0 Å². The predicted octanol–water partition coefficient (Wildman–Crippen LogP) is 4.81. The lowest BCUT2D eigenvalue weighted by molar-refractivity contribution is 0.0831. The van der Waals surface area contributed by atoms with E-state index in [2.05, 4.69) is 30.4 Å². The minimum absolute atomic E-state index is 0.0347. The molecule has 0 radical (unpaired) electrons. The first-order chi connectivity index (χ1) is 19.0. The van der Waals surface area contributed by atoms with Gasteiger partial charge in [-0.25, -0.2) is 14.4 Å². The van der Waals surface area contributed by atoms with E-state index in [1.807, 2.05) is 6.07 Å². The fraction of sp³-hybridized carbons (Fsp3) is 0.552. The molecule has 6 rings (SSSR count). The van der Waals surface area contributed by atoms with Gasteiger partial charge in [-0.2, -0.15) is 0 Å². The number of carbonyl (C=O) groups excluding carboxylic acids is 1. The van der Waals surface area contributed by atoms with Crippen LogP contribution in [0, 0.1) is 5.82 Å². The summed E-state index contributed by atoms with van der Waals surface area (Å²) in [4.78, 5) is 29.2. The molecule has 0 spiro atoms. The maximum atomic E-state index is 15.3. The number of rotatable bonds is 6. The molecule has 0 unspecified atom stereocenters. The van der Waals surface area contributed by atoms with Gasteiger partial charge in [0, 0.05) is 64.0 Å². The quantitative estimate of drug-likeness (QED) is 0.456. The minimum atomic E-state index is -0.389. The van der Waals surface area contributed by atoms with E-state index >= 15 is 4.39 Å². The number of halogens is 1. The summed E-state index contributed by atoms with van der Waals surface area (Å²) >= 11 is 1.51. The summed E-state index contributed by atoms with van der Waals surface area (Å²) in [5, 5.41) is 7.58. The average molecular weight is 552 g/mol. The van der Waals surface area contributed by atoms with Crippen molar-refractivity contribution in [3.05, 3.63) is 40.8 Å². The third kappa shape index (κ3) is 5.47. The molecule has 0 bridgehead atoms. The van der Waals surface area contributed by atoms with E-state index in [0.717, 1.165) is 78.3 Å². The molecule has 0 atom stereocenters. The number of anilines is 3. The second kappa shape index (κ2) is 11.3. The monoisotopic (exact) mass is 551 g/mol. The Morgan fingerprint density at radius 1 is 1.05 bits per heavy atom. The third-order valence-corrected chi connectivity index (χ3v) is 9.70. The molecule has 3 aromatic heterocycles. The van der Waals surface area contributed by atoms with Crippen LogP contribution >= 0.6 is 11.3 Å². The van der Waals surface area contributed by atoms with E-state index < -0.39 is 0 Å². The first-order valence-corrected chi connectivity index (χ1v) is 15.1. The van der Waals surface area contributed by atoms with Crippen LogP contribution in [0.1, 0.15) is 59.7 Å². The molecule has 39 heavy (non-hydrogen) atoms. The van der Waals surface area contributed by atoms with Crippen molar-refractivity contribution in [3.63, 3.8) is 0 Å². The van der Waals surface area contributed by atoms with Crippen LogP contribution in [-0.4, -0.2) is 85.1 Å². The third-order valence-electron chi connectivity index (χ3n) is 8.56. The molecule has 1 amide bonds. The number of hydrogen-bond acceptors (Lipinski definition) is 8. The van der Waals surface area contributed by atoms with Gasteiger partial charge in [0.05, 0.1) is 21.5 Å². The SMILES string of the molecule is CN(C)C(=O)c1sc2cnc(Nc3ncc(N4CCN(C5CCNCC5)CC4)cc3F)cc2c1C1CCCC1. The highest BCUT2D eigenvalue weighted by atomic mass is 32.1. The number of piperazine rings is 1. The summed E-state index contributed by atoms with van der Waals surface area (Å²) in [6.07, 6.45) is 10.5. The number of pyridine rings is 2. The molecular formula is C29H38FN7OS. The van der Waals surface area contributed by atoms with E-state index in [0.29, 0.717) is 17.8 Å². The summed E-state index contributed by atoms with van der Waals surface area (Å²) < 4.78 is 16.2. The second-order valence-corrected chi connectivity index (χ2v) is 12.3. The Hall–Kier alpha value is -2.82. The van der Waals surface area contributed by atoms with Crippen molar-refractivity contribution in [3.8, 4) is 0 Å². The Morgan fingerprint density at radius 2 is 1.79 bits per heavy atom. The van der Waals surface area contributed by atoms with Crippen molar-refractivity contribution in [2.75, 3.05) is 63.6 Å².